The molecule has 25 heavy (non-hydrogen) atoms. The highest BCUT2D eigenvalue weighted by Gasteiger charge is 2.20. The summed E-state index contributed by atoms with van der Waals surface area (Å²) in [6.45, 7) is 2.84. The van der Waals surface area contributed by atoms with Crippen LogP contribution in [0.1, 0.15) is 17.8 Å². The first-order chi connectivity index (χ1) is 12.2. The fraction of sp³-hybridized carbons (Fsp3) is 0.353. The number of rotatable bonds is 4. The molecule has 0 fully saturated rings. The Balaban J connectivity index is 1.36. The highest BCUT2D eigenvalue weighted by atomic mass is 16.2. The van der Waals surface area contributed by atoms with Gasteiger partial charge in [-0.1, -0.05) is 29.8 Å². The molecular formula is C17H19N7O. The van der Waals surface area contributed by atoms with E-state index in [1.54, 1.807) is 6.20 Å². The number of benzene rings is 1. The Morgan fingerprint density at radius 1 is 1.32 bits per heavy atom. The van der Waals surface area contributed by atoms with Gasteiger partial charge < -0.3 is 9.88 Å². The number of aromatic nitrogens is 6. The summed E-state index contributed by atoms with van der Waals surface area (Å²) in [6, 6.07) is 7.99. The van der Waals surface area contributed by atoms with E-state index in [9.17, 15) is 4.79 Å². The third-order valence-electron chi connectivity index (χ3n) is 4.35. The zero-order chi connectivity index (χ0) is 17.2. The maximum atomic E-state index is 12.3. The van der Waals surface area contributed by atoms with Crippen LogP contribution < -0.4 is 5.32 Å². The maximum Gasteiger partial charge on any atom is 0.243 e. The SMILES string of the molecule is Cc1ccc(-c2nnn(CC(=O)N[C@H]3CCc4nccn4C3)n2)cc1. The zero-order valence-electron chi connectivity index (χ0n) is 14.0. The van der Waals surface area contributed by atoms with Crippen molar-refractivity contribution in [2.75, 3.05) is 0 Å². The largest absolute Gasteiger partial charge is 0.350 e. The Morgan fingerprint density at radius 2 is 2.16 bits per heavy atom. The highest BCUT2D eigenvalue weighted by Crippen LogP contribution is 2.14. The van der Waals surface area contributed by atoms with E-state index in [4.69, 9.17) is 0 Å². The molecule has 128 valence electrons. The van der Waals surface area contributed by atoms with Gasteiger partial charge in [-0.05, 0) is 18.6 Å². The summed E-state index contributed by atoms with van der Waals surface area (Å²) < 4.78 is 2.08. The van der Waals surface area contributed by atoms with Crippen LogP contribution in [0.2, 0.25) is 0 Å². The molecule has 4 rings (SSSR count). The molecule has 0 aliphatic carbocycles. The smallest absolute Gasteiger partial charge is 0.243 e. The Hall–Kier alpha value is -3.03. The second-order valence-corrected chi connectivity index (χ2v) is 6.31. The van der Waals surface area contributed by atoms with Gasteiger partial charge in [0.25, 0.3) is 0 Å². The first-order valence-corrected chi connectivity index (χ1v) is 8.31. The molecular weight excluding hydrogens is 318 g/mol. The molecule has 1 atom stereocenters. The molecule has 3 heterocycles. The van der Waals surface area contributed by atoms with E-state index >= 15 is 0 Å². The third-order valence-corrected chi connectivity index (χ3v) is 4.35. The summed E-state index contributed by atoms with van der Waals surface area (Å²) in [5.74, 6) is 1.49. The van der Waals surface area contributed by atoms with Gasteiger partial charge in [0.15, 0.2) is 0 Å². The molecule has 1 aromatic carbocycles. The van der Waals surface area contributed by atoms with E-state index < -0.39 is 0 Å². The minimum atomic E-state index is -0.110. The van der Waals surface area contributed by atoms with Crippen LogP contribution >= 0.6 is 0 Å². The average molecular weight is 337 g/mol. The number of carbonyl (C=O) groups is 1. The van der Waals surface area contributed by atoms with E-state index in [2.05, 4.69) is 30.3 Å². The molecule has 8 heteroatoms. The number of carbonyl (C=O) groups excluding carboxylic acids is 1. The van der Waals surface area contributed by atoms with Crippen LogP contribution in [0.3, 0.4) is 0 Å². The summed E-state index contributed by atoms with van der Waals surface area (Å²) in [6.07, 6.45) is 5.51. The molecule has 0 radical (unpaired) electrons. The minimum absolute atomic E-state index is 0.0617. The van der Waals surface area contributed by atoms with Crippen molar-refractivity contribution in [1.29, 1.82) is 0 Å². The first kappa shape index (κ1) is 15.5. The number of nitrogens with zero attached hydrogens (tertiary/aromatic N) is 6. The lowest BCUT2D eigenvalue weighted by Crippen LogP contribution is -2.42. The molecule has 0 bridgehead atoms. The molecule has 1 N–H and O–H groups in total. The van der Waals surface area contributed by atoms with Gasteiger partial charge in [0.2, 0.25) is 11.7 Å². The van der Waals surface area contributed by atoms with Crippen molar-refractivity contribution in [2.24, 2.45) is 0 Å². The molecule has 1 amide bonds. The van der Waals surface area contributed by atoms with Gasteiger partial charge in [-0.2, -0.15) is 4.80 Å². The highest BCUT2D eigenvalue weighted by molar-refractivity contribution is 5.75. The lowest BCUT2D eigenvalue weighted by atomic mass is 10.1. The van der Waals surface area contributed by atoms with Gasteiger partial charge >= 0.3 is 0 Å². The molecule has 0 spiro atoms. The molecule has 0 unspecified atom stereocenters. The number of hydrogen-bond acceptors (Lipinski definition) is 5. The Kier molecular flexibility index (Phi) is 4.01. The van der Waals surface area contributed by atoms with Crippen LogP contribution in [0.5, 0.6) is 0 Å². The van der Waals surface area contributed by atoms with Gasteiger partial charge in [0.05, 0.1) is 0 Å². The predicted octanol–water partition coefficient (Wildman–Crippen LogP) is 0.976. The second-order valence-electron chi connectivity index (χ2n) is 6.31. The van der Waals surface area contributed by atoms with Crippen LogP contribution in [0.15, 0.2) is 36.7 Å². The van der Waals surface area contributed by atoms with E-state index in [1.165, 1.54) is 10.4 Å². The maximum absolute atomic E-state index is 12.3. The predicted molar refractivity (Wildman–Crippen MR) is 90.5 cm³/mol. The van der Waals surface area contributed by atoms with Gasteiger partial charge in [0, 0.05) is 37.0 Å². The van der Waals surface area contributed by atoms with Gasteiger partial charge in [0.1, 0.15) is 12.4 Å². The standard InChI is InChI=1S/C17H19N7O/c1-12-2-4-13(5-3-12)17-20-22-24(21-17)11-16(25)19-14-6-7-15-18-8-9-23(15)10-14/h2-5,8-9,14H,6-7,10-11H2,1H3,(H,19,25)/t14-/m0/s1. The van der Waals surface area contributed by atoms with Crippen molar-refractivity contribution in [3.63, 3.8) is 0 Å². The zero-order valence-corrected chi connectivity index (χ0v) is 14.0. The van der Waals surface area contributed by atoms with Gasteiger partial charge in [-0.15, -0.1) is 10.2 Å². The number of tetrazole rings is 1. The number of imidazole rings is 1. The second kappa shape index (κ2) is 6.46. The van der Waals surface area contributed by atoms with E-state index in [0.717, 1.165) is 30.8 Å². The molecule has 2 aromatic heterocycles. The van der Waals surface area contributed by atoms with E-state index in [-0.39, 0.29) is 18.5 Å². The fourth-order valence-corrected chi connectivity index (χ4v) is 3.01. The molecule has 8 nitrogen and oxygen atoms in total. The number of aryl methyl sites for hydroxylation is 2. The van der Waals surface area contributed by atoms with Crippen molar-refractivity contribution in [3.05, 3.63) is 48.0 Å². The molecule has 1 aliphatic rings. The first-order valence-electron chi connectivity index (χ1n) is 8.31. The Bertz CT molecular complexity index is 881. The van der Waals surface area contributed by atoms with Crippen LogP contribution in [-0.4, -0.2) is 41.7 Å². The van der Waals surface area contributed by atoms with Gasteiger partial charge in [-0.3, -0.25) is 4.79 Å². The molecule has 0 saturated carbocycles. The van der Waals surface area contributed by atoms with Crippen molar-refractivity contribution in [2.45, 2.75) is 38.9 Å². The normalized spacial score (nSPS) is 16.4. The number of nitrogens with one attached hydrogen (secondary N) is 1. The van der Waals surface area contributed by atoms with Gasteiger partial charge in [-0.25, -0.2) is 4.98 Å². The monoisotopic (exact) mass is 337 g/mol. The molecule has 1 aliphatic heterocycles. The van der Waals surface area contributed by atoms with Crippen molar-refractivity contribution >= 4 is 5.91 Å². The summed E-state index contributed by atoms with van der Waals surface area (Å²) in [5.41, 5.74) is 2.06. The van der Waals surface area contributed by atoms with E-state index in [1.807, 2.05) is 37.4 Å². The van der Waals surface area contributed by atoms with Crippen LogP contribution in [-0.2, 0) is 24.3 Å². The van der Waals surface area contributed by atoms with Crippen LogP contribution in [0.4, 0.5) is 0 Å². The van der Waals surface area contributed by atoms with Crippen molar-refractivity contribution < 1.29 is 4.79 Å². The average Bonchev–Trinajstić information content (AvgIpc) is 3.24. The lowest BCUT2D eigenvalue weighted by Gasteiger charge is -2.24. The summed E-state index contributed by atoms with van der Waals surface area (Å²) in [5, 5.41) is 15.3. The number of fused-ring (bicyclic) bond motifs is 1. The molecule has 3 aromatic rings. The number of hydrogen-bond donors (Lipinski definition) is 1. The fourth-order valence-electron chi connectivity index (χ4n) is 3.01. The summed E-state index contributed by atoms with van der Waals surface area (Å²) in [4.78, 5) is 17.9. The Labute approximate surface area is 144 Å². The van der Waals surface area contributed by atoms with Crippen LogP contribution in [0, 0.1) is 6.92 Å². The third kappa shape index (κ3) is 3.42. The van der Waals surface area contributed by atoms with Crippen molar-refractivity contribution in [1.82, 2.24) is 35.1 Å². The van der Waals surface area contributed by atoms with Crippen molar-refractivity contribution in [3.8, 4) is 11.4 Å². The molecule has 0 saturated heterocycles. The number of amides is 1. The van der Waals surface area contributed by atoms with E-state index in [0.29, 0.717) is 5.82 Å². The van der Waals surface area contributed by atoms with Crippen LogP contribution in [0.25, 0.3) is 11.4 Å². The minimum Gasteiger partial charge on any atom is -0.350 e. The lowest BCUT2D eigenvalue weighted by molar-refractivity contribution is -0.123. The summed E-state index contributed by atoms with van der Waals surface area (Å²) >= 11 is 0. The summed E-state index contributed by atoms with van der Waals surface area (Å²) in [7, 11) is 0. The topological polar surface area (TPSA) is 90.5 Å². The Morgan fingerprint density at radius 3 is 3.00 bits per heavy atom. The quantitative estimate of drug-likeness (QED) is 0.766.